The lowest BCUT2D eigenvalue weighted by Gasteiger charge is -2.38. The summed E-state index contributed by atoms with van der Waals surface area (Å²) < 4.78 is 32.8. The predicted molar refractivity (Wildman–Crippen MR) is 82.0 cm³/mol. The molecule has 1 unspecified atom stereocenters. The van der Waals surface area contributed by atoms with Gasteiger partial charge in [-0.05, 0) is 53.9 Å². The molecule has 0 bridgehead atoms. The second kappa shape index (κ2) is 5.63. The summed E-state index contributed by atoms with van der Waals surface area (Å²) >= 11 is 3.27. The topological polar surface area (TPSA) is 72.6 Å². The lowest BCUT2D eigenvalue weighted by molar-refractivity contribution is -0.0319. The molecule has 1 aliphatic heterocycles. The molecular formula is C13H19BrN2O3S. The van der Waals surface area contributed by atoms with E-state index in [0.717, 1.165) is 12.8 Å². The highest BCUT2D eigenvalue weighted by Gasteiger charge is 2.37. The number of ether oxygens (including phenoxy) is 1. The summed E-state index contributed by atoms with van der Waals surface area (Å²) in [6, 6.07) is 4.67. The Kier molecular flexibility index (Phi) is 4.44. The van der Waals surface area contributed by atoms with Crippen LogP contribution in [0.1, 0.15) is 19.8 Å². The van der Waals surface area contributed by atoms with Gasteiger partial charge in [-0.25, -0.2) is 8.42 Å². The quantitative estimate of drug-likeness (QED) is 0.836. The van der Waals surface area contributed by atoms with Crippen LogP contribution in [0.2, 0.25) is 0 Å². The number of benzene rings is 1. The Hall–Kier alpha value is -0.630. The molecule has 0 radical (unpaired) electrons. The first-order valence-corrected chi connectivity index (χ1v) is 8.62. The summed E-state index contributed by atoms with van der Waals surface area (Å²) in [4.78, 5) is 0.249. The van der Waals surface area contributed by atoms with Crippen LogP contribution in [0.5, 0.6) is 0 Å². The number of hydrogen-bond acceptors (Lipinski definition) is 4. The molecule has 5 nitrogen and oxygen atoms in total. The average Bonchev–Trinajstić information content (AvgIpc) is 2.42. The molecule has 0 spiro atoms. The lowest BCUT2D eigenvalue weighted by Crippen LogP contribution is -2.49. The fourth-order valence-corrected chi connectivity index (χ4v) is 4.50. The summed E-state index contributed by atoms with van der Waals surface area (Å²) in [5, 5.41) is 0. The Labute approximate surface area is 128 Å². The molecule has 1 aliphatic rings. The normalized spacial score (nSPS) is 24.8. The smallest absolute Gasteiger partial charge is 0.243 e. The molecule has 1 fully saturated rings. The third-order valence-electron chi connectivity index (χ3n) is 3.73. The minimum Gasteiger partial charge on any atom is -0.398 e. The zero-order valence-corrected chi connectivity index (χ0v) is 14.0. The largest absolute Gasteiger partial charge is 0.398 e. The van der Waals surface area contributed by atoms with Crippen molar-refractivity contribution in [1.82, 2.24) is 4.31 Å². The molecule has 1 saturated heterocycles. The highest BCUT2D eigenvalue weighted by molar-refractivity contribution is 9.10. The van der Waals surface area contributed by atoms with E-state index >= 15 is 0 Å². The fourth-order valence-electron chi connectivity index (χ4n) is 2.35. The van der Waals surface area contributed by atoms with E-state index in [4.69, 9.17) is 10.5 Å². The fraction of sp³-hybridized carbons (Fsp3) is 0.538. The molecule has 20 heavy (non-hydrogen) atoms. The Balaban J connectivity index is 2.32. The van der Waals surface area contributed by atoms with Crippen LogP contribution in [0.4, 0.5) is 5.69 Å². The van der Waals surface area contributed by atoms with E-state index in [-0.39, 0.29) is 4.90 Å². The van der Waals surface area contributed by atoms with E-state index in [1.807, 2.05) is 6.92 Å². The van der Waals surface area contributed by atoms with E-state index in [0.29, 0.717) is 23.2 Å². The maximum Gasteiger partial charge on any atom is 0.243 e. The van der Waals surface area contributed by atoms with Crippen LogP contribution in [-0.2, 0) is 14.8 Å². The van der Waals surface area contributed by atoms with Crippen LogP contribution in [0.15, 0.2) is 27.6 Å². The average molecular weight is 363 g/mol. The summed E-state index contributed by atoms with van der Waals surface area (Å²) in [6.07, 6.45) is 1.65. The Morgan fingerprint density at radius 1 is 1.45 bits per heavy atom. The van der Waals surface area contributed by atoms with Gasteiger partial charge in [-0.15, -0.1) is 0 Å². The molecule has 0 amide bonds. The molecular weight excluding hydrogens is 344 g/mol. The second-order valence-electron chi connectivity index (χ2n) is 5.28. The zero-order chi connectivity index (χ0) is 15.0. The third-order valence-corrected chi connectivity index (χ3v) is 6.25. The van der Waals surface area contributed by atoms with Gasteiger partial charge in [0.05, 0.1) is 10.5 Å². The van der Waals surface area contributed by atoms with Crippen molar-refractivity contribution in [1.29, 1.82) is 0 Å². The van der Waals surface area contributed by atoms with Gasteiger partial charge in [-0.2, -0.15) is 4.31 Å². The van der Waals surface area contributed by atoms with Crippen molar-refractivity contribution in [3.05, 3.63) is 22.7 Å². The molecule has 1 aromatic rings. The van der Waals surface area contributed by atoms with Crippen LogP contribution in [0.3, 0.4) is 0 Å². The van der Waals surface area contributed by atoms with E-state index in [1.54, 1.807) is 19.2 Å². The van der Waals surface area contributed by atoms with Gasteiger partial charge in [0.2, 0.25) is 10.0 Å². The van der Waals surface area contributed by atoms with Crippen molar-refractivity contribution in [2.45, 2.75) is 30.3 Å². The number of rotatable bonds is 3. The van der Waals surface area contributed by atoms with E-state index < -0.39 is 15.6 Å². The standard InChI is InChI=1S/C13H19BrN2O3S/c1-13(19-2)6-3-7-16(9-13)20(17,18)10-4-5-12(15)11(14)8-10/h4-5,8H,3,6-7,9,15H2,1-2H3. The van der Waals surface area contributed by atoms with Crippen LogP contribution in [0, 0.1) is 0 Å². The SMILES string of the molecule is COC1(C)CCCN(S(=O)(=O)c2ccc(N)c(Br)c2)C1. The van der Waals surface area contributed by atoms with Crippen molar-refractivity contribution in [2.75, 3.05) is 25.9 Å². The van der Waals surface area contributed by atoms with Crippen molar-refractivity contribution >= 4 is 31.6 Å². The molecule has 0 aliphatic carbocycles. The molecule has 112 valence electrons. The molecule has 0 saturated carbocycles. The lowest BCUT2D eigenvalue weighted by atomic mass is 9.96. The number of nitrogens with zero attached hydrogens (tertiary/aromatic N) is 1. The van der Waals surface area contributed by atoms with Crippen molar-refractivity contribution < 1.29 is 13.2 Å². The number of nitrogens with two attached hydrogens (primary N) is 1. The maximum atomic E-state index is 12.7. The summed E-state index contributed by atoms with van der Waals surface area (Å²) in [5.41, 5.74) is 5.80. The molecule has 1 atom stereocenters. The number of methoxy groups -OCH3 is 1. The molecule has 1 heterocycles. The Morgan fingerprint density at radius 2 is 2.15 bits per heavy atom. The first-order valence-electron chi connectivity index (χ1n) is 6.39. The highest BCUT2D eigenvalue weighted by Crippen LogP contribution is 2.30. The van der Waals surface area contributed by atoms with Gasteiger partial charge in [-0.1, -0.05) is 0 Å². The summed E-state index contributed by atoms with van der Waals surface area (Å²) in [6.45, 7) is 2.82. The van der Waals surface area contributed by atoms with Crippen LogP contribution >= 0.6 is 15.9 Å². The first kappa shape index (κ1) is 15.8. The van der Waals surface area contributed by atoms with Gasteiger partial charge in [0.25, 0.3) is 0 Å². The zero-order valence-electron chi connectivity index (χ0n) is 11.6. The van der Waals surface area contributed by atoms with Crippen molar-refractivity contribution in [3.63, 3.8) is 0 Å². The minimum atomic E-state index is -3.51. The van der Waals surface area contributed by atoms with Gasteiger partial charge in [-0.3, -0.25) is 0 Å². The highest BCUT2D eigenvalue weighted by atomic mass is 79.9. The van der Waals surface area contributed by atoms with Gasteiger partial charge in [0.15, 0.2) is 0 Å². The molecule has 2 N–H and O–H groups in total. The molecule has 1 aromatic carbocycles. The number of hydrogen-bond donors (Lipinski definition) is 1. The van der Waals surface area contributed by atoms with Crippen LogP contribution < -0.4 is 5.73 Å². The molecule has 2 rings (SSSR count). The van der Waals surface area contributed by atoms with Gasteiger partial charge < -0.3 is 10.5 Å². The van der Waals surface area contributed by atoms with E-state index in [1.165, 1.54) is 10.4 Å². The number of halogens is 1. The number of anilines is 1. The Morgan fingerprint density at radius 3 is 2.75 bits per heavy atom. The van der Waals surface area contributed by atoms with E-state index in [2.05, 4.69) is 15.9 Å². The molecule has 0 aromatic heterocycles. The van der Waals surface area contributed by atoms with Crippen molar-refractivity contribution in [2.24, 2.45) is 0 Å². The van der Waals surface area contributed by atoms with Crippen molar-refractivity contribution in [3.8, 4) is 0 Å². The van der Waals surface area contributed by atoms with E-state index in [9.17, 15) is 8.42 Å². The maximum absolute atomic E-state index is 12.7. The number of sulfonamides is 1. The predicted octanol–water partition coefficient (Wildman–Crippen LogP) is 2.22. The number of piperidine rings is 1. The Bertz CT molecular complexity index is 606. The van der Waals surface area contributed by atoms with Gasteiger partial charge >= 0.3 is 0 Å². The van der Waals surface area contributed by atoms with Crippen LogP contribution in [0.25, 0.3) is 0 Å². The van der Waals surface area contributed by atoms with Gasteiger partial charge in [0, 0.05) is 30.4 Å². The third kappa shape index (κ3) is 3.00. The van der Waals surface area contributed by atoms with Gasteiger partial charge in [0.1, 0.15) is 0 Å². The summed E-state index contributed by atoms with van der Waals surface area (Å²) in [7, 11) is -1.89. The summed E-state index contributed by atoms with van der Waals surface area (Å²) in [5.74, 6) is 0. The number of nitrogen functional groups attached to an aromatic ring is 1. The van der Waals surface area contributed by atoms with Crippen LogP contribution in [-0.4, -0.2) is 38.5 Å². The second-order valence-corrected chi connectivity index (χ2v) is 8.07. The molecule has 7 heteroatoms. The first-order chi connectivity index (χ1) is 9.28. The minimum absolute atomic E-state index is 0.249. The monoisotopic (exact) mass is 362 g/mol.